The van der Waals surface area contributed by atoms with Gasteiger partial charge in [0.1, 0.15) is 5.75 Å². The van der Waals surface area contributed by atoms with E-state index < -0.39 is 0 Å². The van der Waals surface area contributed by atoms with E-state index in [9.17, 15) is 0 Å². The molecule has 2 unspecified atom stereocenters. The third-order valence-electron chi connectivity index (χ3n) is 4.20. The second kappa shape index (κ2) is 7.62. The molecule has 2 rings (SSSR count). The lowest BCUT2D eigenvalue weighted by atomic mass is 10.0. The van der Waals surface area contributed by atoms with Crippen molar-refractivity contribution in [1.82, 2.24) is 20.0 Å². The summed E-state index contributed by atoms with van der Waals surface area (Å²) in [6, 6.07) is 6.79. The zero-order valence-electron chi connectivity index (χ0n) is 15.0. The topological polar surface area (TPSA) is 42.3 Å². The Morgan fingerprint density at radius 1 is 1.35 bits per heavy atom. The van der Waals surface area contributed by atoms with Gasteiger partial charge in [0.2, 0.25) is 0 Å². The van der Waals surface area contributed by atoms with Crippen molar-refractivity contribution in [3.8, 4) is 5.75 Å². The second-order valence-corrected chi connectivity index (χ2v) is 6.30. The first-order valence-corrected chi connectivity index (χ1v) is 7.95. The Balaban J connectivity index is 2.10. The maximum Gasteiger partial charge on any atom is 0.123 e. The van der Waals surface area contributed by atoms with Gasteiger partial charge in [-0.1, -0.05) is 17.7 Å². The van der Waals surface area contributed by atoms with Crippen LogP contribution in [0.1, 0.15) is 35.7 Å². The number of aromatic nitrogens is 2. The van der Waals surface area contributed by atoms with E-state index in [1.807, 2.05) is 24.0 Å². The number of methoxy groups -OCH3 is 1. The van der Waals surface area contributed by atoms with Crippen LogP contribution in [0.4, 0.5) is 0 Å². The summed E-state index contributed by atoms with van der Waals surface area (Å²) in [5.41, 5.74) is 3.65. The van der Waals surface area contributed by atoms with Gasteiger partial charge in [-0.15, -0.1) is 0 Å². The fourth-order valence-electron chi connectivity index (χ4n) is 2.80. The zero-order chi connectivity index (χ0) is 17.0. The molecule has 5 nitrogen and oxygen atoms in total. The summed E-state index contributed by atoms with van der Waals surface area (Å²) in [6.07, 6.45) is 4.01. The summed E-state index contributed by atoms with van der Waals surface area (Å²) in [5, 5.41) is 7.92. The summed E-state index contributed by atoms with van der Waals surface area (Å²) in [5.74, 6) is 0.929. The minimum atomic E-state index is 0.212. The number of likely N-dealkylation sites (N-methyl/N-ethyl adjacent to an activating group) is 1. The Labute approximate surface area is 139 Å². The van der Waals surface area contributed by atoms with Crippen LogP contribution in [0.5, 0.6) is 5.75 Å². The van der Waals surface area contributed by atoms with E-state index in [1.54, 1.807) is 7.11 Å². The van der Waals surface area contributed by atoms with E-state index in [-0.39, 0.29) is 12.1 Å². The molecule has 2 aromatic rings. The molecule has 2 atom stereocenters. The summed E-state index contributed by atoms with van der Waals surface area (Å²) < 4.78 is 7.35. The van der Waals surface area contributed by atoms with Crippen LogP contribution in [-0.2, 0) is 7.05 Å². The maximum absolute atomic E-state index is 5.50. The molecule has 126 valence electrons. The highest BCUT2D eigenvalue weighted by Crippen LogP contribution is 2.27. The molecular formula is C18H28N4O. The highest BCUT2D eigenvalue weighted by atomic mass is 16.5. The first-order valence-electron chi connectivity index (χ1n) is 7.95. The van der Waals surface area contributed by atoms with Crippen molar-refractivity contribution in [3.63, 3.8) is 0 Å². The number of nitrogens with one attached hydrogen (secondary N) is 1. The van der Waals surface area contributed by atoms with Gasteiger partial charge in [0, 0.05) is 43.0 Å². The molecule has 1 aromatic heterocycles. The van der Waals surface area contributed by atoms with Crippen molar-refractivity contribution in [1.29, 1.82) is 0 Å². The quantitative estimate of drug-likeness (QED) is 0.853. The molecule has 1 aromatic carbocycles. The molecule has 0 aliphatic carbocycles. The van der Waals surface area contributed by atoms with E-state index in [1.165, 1.54) is 16.7 Å². The summed E-state index contributed by atoms with van der Waals surface area (Å²) >= 11 is 0. The normalized spacial score (nSPS) is 14.0. The van der Waals surface area contributed by atoms with Crippen molar-refractivity contribution < 1.29 is 4.74 Å². The first-order chi connectivity index (χ1) is 10.9. The van der Waals surface area contributed by atoms with Gasteiger partial charge in [0.15, 0.2) is 0 Å². The molecular weight excluding hydrogens is 288 g/mol. The van der Waals surface area contributed by atoms with Gasteiger partial charge < -0.3 is 15.0 Å². The largest absolute Gasteiger partial charge is 0.496 e. The summed E-state index contributed by atoms with van der Waals surface area (Å²) in [4.78, 5) is 2.21. The molecule has 0 aliphatic rings. The monoisotopic (exact) mass is 316 g/mol. The van der Waals surface area contributed by atoms with Crippen LogP contribution < -0.4 is 10.1 Å². The number of nitrogens with zero attached hydrogens (tertiary/aromatic N) is 3. The molecule has 1 heterocycles. The fraction of sp³-hybridized carbons (Fsp3) is 0.500. The standard InChI is InChI=1S/C18H28N4O/c1-13-7-8-18(23-6)16(9-13)14(2)19-11-17(21(3)4)15-10-20-22(5)12-15/h7-10,12,14,17,19H,11H2,1-6H3. The minimum Gasteiger partial charge on any atom is -0.496 e. The lowest BCUT2D eigenvalue weighted by molar-refractivity contribution is 0.280. The summed E-state index contributed by atoms with van der Waals surface area (Å²) in [6.45, 7) is 5.12. The van der Waals surface area contributed by atoms with Crippen LogP contribution in [0.2, 0.25) is 0 Å². The fourth-order valence-corrected chi connectivity index (χ4v) is 2.80. The molecule has 0 aliphatic heterocycles. The Kier molecular flexibility index (Phi) is 5.80. The molecule has 0 radical (unpaired) electrons. The van der Waals surface area contributed by atoms with E-state index in [4.69, 9.17) is 4.74 Å². The van der Waals surface area contributed by atoms with Gasteiger partial charge in [-0.3, -0.25) is 4.68 Å². The number of hydrogen-bond acceptors (Lipinski definition) is 4. The third kappa shape index (κ3) is 4.33. The summed E-state index contributed by atoms with van der Waals surface area (Å²) in [7, 11) is 7.86. The van der Waals surface area contributed by atoms with Crippen LogP contribution in [0, 0.1) is 6.92 Å². The zero-order valence-corrected chi connectivity index (χ0v) is 15.0. The van der Waals surface area contributed by atoms with Gasteiger partial charge in [-0.25, -0.2) is 0 Å². The maximum atomic E-state index is 5.50. The van der Waals surface area contributed by atoms with Crippen molar-refractivity contribution in [2.75, 3.05) is 27.7 Å². The van der Waals surface area contributed by atoms with E-state index in [2.05, 4.69) is 61.6 Å². The number of benzene rings is 1. The highest BCUT2D eigenvalue weighted by Gasteiger charge is 2.18. The number of hydrogen-bond donors (Lipinski definition) is 1. The predicted octanol–water partition coefficient (Wildman–Crippen LogP) is 2.69. The molecule has 23 heavy (non-hydrogen) atoms. The first kappa shape index (κ1) is 17.5. The van der Waals surface area contributed by atoms with Gasteiger partial charge in [0.05, 0.1) is 13.3 Å². The average molecular weight is 316 g/mol. The van der Waals surface area contributed by atoms with Crippen LogP contribution >= 0.6 is 0 Å². The van der Waals surface area contributed by atoms with Crippen molar-refractivity contribution in [2.24, 2.45) is 7.05 Å². The molecule has 0 saturated heterocycles. The minimum absolute atomic E-state index is 0.212. The molecule has 5 heteroatoms. The lowest BCUT2D eigenvalue weighted by Gasteiger charge is -2.26. The highest BCUT2D eigenvalue weighted by molar-refractivity contribution is 5.38. The van der Waals surface area contributed by atoms with Crippen molar-refractivity contribution in [2.45, 2.75) is 25.9 Å². The Morgan fingerprint density at radius 2 is 2.09 bits per heavy atom. The Morgan fingerprint density at radius 3 is 2.65 bits per heavy atom. The molecule has 0 spiro atoms. The van der Waals surface area contributed by atoms with Crippen molar-refractivity contribution in [3.05, 3.63) is 47.3 Å². The predicted molar refractivity (Wildman–Crippen MR) is 93.8 cm³/mol. The molecule has 1 N–H and O–H groups in total. The number of ether oxygens (including phenoxy) is 1. The van der Waals surface area contributed by atoms with Gasteiger partial charge in [-0.05, 0) is 34.0 Å². The molecule has 0 bridgehead atoms. The second-order valence-electron chi connectivity index (χ2n) is 6.30. The van der Waals surface area contributed by atoms with Crippen LogP contribution in [-0.4, -0.2) is 42.4 Å². The van der Waals surface area contributed by atoms with E-state index in [0.29, 0.717) is 0 Å². The number of aryl methyl sites for hydroxylation is 2. The third-order valence-corrected chi connectivity index (χ3v) is 4.20. The number of rotatable bonds is 7. The van der Waals surface area contributed by atoms with E-state index >= 15 is 0 Å². The van der Waals surface area contributed by atoms with Crippen LogP contribution in [0.15, 0.2) is 30.6 Å². The van der Waals surface area contributed by atoms with Crippen LogP contribution in [0.3, 0.4) is 0 Å². The average Bonchev–Trinajstić information content (AvgIpc) is 2.93. The van der Waals surface area contributed by atoms with Gasteiger partial charge in [0.25, 0.3) is 0 Å². The van der Waals surface area contributed by atoms with Crippen molar-refractivity contribution >= 4 is 0 Å². The SMILES string of the molecule is COc1ccc(C)cc1C(C)NCC(c1cnn(C)c1)N(C)C. The van der Waals surface area contributed by atoms with Gasteiger partial charge >= 0.3 is 0 Å². The molecule has 0 fully saturated rings. The molecule has 0 saturated carbocycles. The van der Waals surface area contributed by atoms with Gasteiger partial charge in [-0.2, -0.15) is 5.10 Å². The lowest BCUT2D eigenvalue weighted by Crippen LogP contribution is -2.32. The molecule has 0 amide bonds. The Hall–Kier alpha value is -1.85. The smallest absolute Gasteiger partial charge is 0.123 e. The van der Waals surface area contributed by atoms with Crippen LogP contribution in [0.25, 0.3) is 0 Å². The van der Waals surface area contributed by atoms with E-state index in [0.717, 1.165) is 12.3 Å². The Bertz CT molecular complexity index is 636.